The molecule has 2 aliphatic heterocycles. The second-order valence-electron chi connectivity index (χ2n) is 4.63. The van der Waals surface area contributed by atoms with Crippen molar-refractivity contribution in [1.82, 2.24) is 10.2 Å². The number of ether oxygens (including phenoxy) is 1. The molecule has 0 aromatic heterocycles. The molecule has 2 saturated heterocycles. The molecule has 5 heteroatoms. The third-order valence-electron chi connectivity index (χ3n) is 3.35. The lowest BCUT2D eigenvalue weighted by atomic mass is 10.1. The monoisotopic (exact) mass is 228 g/mol. The number of morpholine rings is 1. The summed E-state index contributed by atoms with van der Waals surface area (Å²) >= 11 is 0. The maximum Gasteiger partial charge on any atom is 0.240 e. The van der Waals surface area contributed by atoms with Gasteiger partial charge in [-0.1, -0.05) is 0 Å². The van der Waals surface area contributed by atoms with Crippen LogP contribution in [0.1, 0.15) is 19.8 Å². The summed E-state index contributed by atoms with van der Waals surface area (Å²) in [5.41, 5.74) is 0. The number of hydrogen-bond donors (Lipinski definition) is 2. The number of nitrogens with one attached hydrogen (secondary N) is 1. The Morgan fingerprint density at radius 2 is 2.44 bits per heavy atom. The van der Waals surface area contributed by atoms with E-state index in [1.54, 1.807) is 0 Å². The molecule has 2 aliphatic rings. The van der Waals surface area contributed by atoms with Crippen LogP contribution in [0.15, 0.2) is 0 Å². The van der Waals surface area contributed by atoms with E-state index in [1.165, 1.54) is 0 Å². The minimum Gasteiger partial charge on any atom is -0.394 e. The first kappa shape index (κ1) is 11.8. The SMILES string of the molecule is CC1COC(CO)CN1C(=O)C1CCCN1. The molecule has 0 bridgehead atoms. The third kappa shape index (κ3) is 2.36. The summed E-state index contributed by atoms with van der Waals surface area (Å²) in [4.78, 5) is 14.0. The lowest BCUT2D eigenvalue weighted by Crippen LogP contribution is -2.56. The summed E-state index contributed by atoms with van der Waals surface area (Å²) in [6.07, 6.45) is 1.77. The van der Waals surface area contributed by atoms with E-state index in [2.05, 4.69) is 5.32 Å². The minimum atomic E-state index is -0.221. The zero-order valence-electron chi connectivity index (χ0n) is 9.69. The number of aliphatic hydroxyl groups excluding tert-OH is 1. The van der Waals surface area contributed by atoms with Crippen LogP contribution in [0.2, 0.25) is 0 Å². The molecule has 0 saturated carbocycles. The highest BCUT2D eigenvalue weighted by atomic mass is 16.5. The molecule has 0 aromatic carbocycles. The van der Waals surface area contributed by atoms with E-state index in [-0.39, 0.29) is 30.7 Å². The number of carbonyl (C=O) groups excluding carboxylic acids is 1. The summed E-state index contributed by atoms with van der Waals surface area (Å²) in [6.45, 7) is 3.92. The Hall–Kier alpha value is -0.650. The number of rotatable bonds is 2. The van der Waals surface area contributed by atoms with E-state index in [1.807, 2.05) is 11.8 Å². The fourth-order valence-corrected chi connectivity index (χ4v) is 2.33. The van der Waals surface area contributed by atoms with Gasteiger partial charge in [-0.15, -0.1) is 0 Å². The van der Waals surface area contributed by atoms with Crippen LogP contribution in [0, 0.1) is 0 Å². The van der Waals surface area contributed by atoms with Gasteiger partial charge in [0.15, 0.2) is 0 Å². The second kappa shape index (κ2) is 5.12. The molecule has 3 unspecified atom stereocenters. The zero-order valence-corrected chi connectivity index (χ0v) is 9.69. The van der Waals surface area contributed by atoms with Crippen molar-refractivity contribution in [3.05, 3.63) is 0 Å². The van der Waals surface area contributed by atoms with Crippen LogP contribution in [-0.4, -0.2) is 60.4 Å². The Labute approximate surface area is 95.8 Å². The Kier molecular flexibility index (Phi) is 3.78. The summed E-state index contributed by atoms with van der Waals surface area (Å²) in [5, 5.41) is 12.3. The summed E-state index contributed by atoms with van der Waals surface area (Å²) in [5.74, 6) is 0.159. The van der Waals surface area contributed by atoms with Crippen LogP contribution in [0.3, 0.4) is 0 Å². The molecule has 2 N–H and O–H groups in total. The van der Waals surface area contributed by atoms with E-state index < -0.39 is 0 Å². The van der Waals surface area contributed by atoms with Crippen molar-refractivity contribution in [3.63, 3.8) is 0 Å². The Bertz CT molecular complexity index is 254. The minimum absolute atomic E-state index is 0.0193. The van der Waals surface area contributed by atoms with Gasteiger partial charge in [0.2, 0.25) is 5.91 Å². The maximum absolute atomic E-state index is 12.2. The first-order valence-corrected chi connectivity index (χ1v) is 5.98. The van der Waals surface area contributed by atoms with Crippen LogP contribution in [0.5, 0.6) is 0 Å². The lowest BCUT2D eigenvalue weighted by molar-refractivity contribution is -0.148. The number of amides is 1. The van der Waals surface area contributed by atoms with Crippen molar-refractivity contribution in [3.8, 4) is 0 Å². The maximum atomic E-state index is 12.2. The predicted octanol–water partition coefficient (Wildman–Crippen LogP) is -0.653. The first-order valence-electron chi connectivity index (χ1n) is 5.98. The Balaban J connectivity index is 1.97. The van der Waals surface area contributed by atoms with Gasteiger partial charge in [0.1, 0.15) is 0 Å². The third-order valence-corrected chi connectivity index (χ3v) is 3.35. The molecular weight excluding hydrogens is 208 g/mol. The van der Waals surface area contributed by atoms with Crippen LogP contribution in [0.4, 0.5) is 0 Å². The van der Waals surface area contributed by atoms with Crippen molar-refractivity contribution >= 4 is 5.91 Å². The molecule has 16 heavy (non-hydrogen) atoms. The average molecular weight is 228 g/mol. The molecule has 0 spiro atoms. The van der Waals surface area contributed by atoms with E-state index in [0.717, 1.165) is 19.4 Å². The number of nitrogens with zero attached hydrogens (tertiary/aromatic N) is 1. The smallest absolute Gasteiger partial charge is 0.240 e. The molecule has 2 heterocycles. The van der Waals surface area contributed by atoms with Crippen molar-refractivity contribution in [2.24, 2.45) is 0 Å². The van der Waals surface area contributed by atoms with Crippen LogP contribution >= 0.6 is 0 Å². The van der Waals surface area contributed by atoms with Gasteiger partial charge < -0.3 is 20.1 Å². The van der Waals surface area contributed by atoms with E-state index in [0.29, 0.717) is 13.2 Å². The average Bonchev–Trinajstić information content (AvgIpc) is 2.82. The molecule has 0 aliphatic carbocycles. The highest BCUT2D eigenvalue weighted by molar-refractivity contribution is 5.82. The molecule has 5 nitrogen and oxygen atoms in total. The largest absolute Gasteiger partial charge is 0.394 e. The first-order chi connectivity index (χ1) is 7.72. The number of carbonyl (C=O) groups is 1. The Morgan fingerprint density at radius 3 is 3.06 bits per heavy atom. The van der Waals surface area contributed by atoms with Gasteiger partial charge >= 0.3 is 0 Å². The van der Waals surface area contributed by atoms with Gasteiger partial charge in [0.05, 0.1) is 31.4 Å². The highest BCUT2D eigenvalue weighted by Crippen LogP contribution is 2.16. The number of aliphatic hydroxyl groups is 1. The number of hydrogen-bond acceptors (Lipinski definition) is 4. The quantitative estimate of drug-likeness (QED) is 0.659. The van der Waals surface area contributed by atoms with E-state index in [4.69, 9.17) is 9.84 Å². The van der Waals surface area contributed by atoms with Crippen LogP contribution in [-0.2, 0) is 9.53 Å². The van der Waals surface area contributed by atoms with Crippen LogP contribution < -0.4 is 5.32 Å². The predicted molar refractivity (Wildman–Crippen MR) is 59.0 cm³/mol. The highest BCUT2D eigenvalue weighted by Gasteiger charge is 2.34. The second-order valence-corrected chi connectivity index (χ2v) is 4.63. The molecule has 2 fully saturated rings. The molecule has 0 aromatic rings. The summed E-state index contributed by atoms with van der Waals surface area (Å²) in [7, 11) is 0. The van der Waals surface area contributed by atoms with Gasteiger partial charge in [0, 0.05) is 6.54 Å². The molecule has 2 rings (SSSR count). The fraction of sp³-hybridized carbons (Fsp3) is 0.909. The molecular formula is C11H20N2O3. The summed E-state index contributed by atoms with van der Waals surface area (Å²) < 4.78 is 5.42. The van der Waals surface area contributed by atoms with Crippen molar-refractivity contribution in [1.29, 1.82) is 0 Å². The summed E-state index contributed by atoms with van der Waals surface area (Å²) in [6, 6.07) is 0.0811. The lowest BCUT2D eigenvalue weighted by Gasteiger charge is -2.38. The van der Waals surface area contributed by atoms with Gasteiger partial charge in [-0.25, -0.2) is 0 Å². The van der Waals surface area contributed by atoms with Crippen molar-refractivity contribution in [2.75, 3.05) is 26.3 Å². The zero-order chi connectivity index (χ0) is 11.5. The standard InChI is InChI=1S/C11H20N2O3/c1-8-7-16-9(6-14)5-13(8)11(15)10-3-2-4-12-10/h8-10,12,14H,2-7H2,1H3. The molecule has 1 amide bonds. The molecule has 0 radical (unpaired) electrons. The van der Waals surface area contributed by atoms with E-state index >= 15 is 0 Å². The normalized spacial score (nSPS) is 35.4. The van der Waals surface area contributed by atoms with Gasteiger partial charge in [0.25, 0.3) is 0 Å². The van der Waals surface area contributed by atoms with Gasteiger partial charge in [-0.2, -0.15) is 0 Å². The molecule has 92 valence electrons. The topological polar surface area (TPSA) is 61.8 Å². The van der Waals surface area contributed by atoms with Crippen LogP contribution in [0.25, 0.3) is 0 Å². The van der Waals surface area contributed by atoms with Crippen molar-refractivity contribution < 1.29 is 14.6 Å². The van der Waals surface area contributed by atoms with Gasteiger partial charge in [-0.3, -0.25) is 4.79 Å². The van der Waals surface area contributed by atoms with Gasteiger partial charge in [-0.05, 0) is 26.3 Å². The van der Waals surface area contributed by atoms with Crippen molar-refractivity contribution in [2.45, 2.75) is 38.0 Å². The Morgan fingerprint density at radius 1 is 1.62 bits per heavy atom. The van der Waals surface area contributed by atoms with E-state index in [9.17, 15) is 4.79 Å². The fourth-order valence-electron chi connectivity index (χ4n) is 2.33. The molecule has 3 atom stereocenters.